The number of hydrogen-bond donors (Lipinski definition) is 0. The van der Waals surface area contributed by atoms with Crippen molar-refractivity contribution in [3.8, 4) is 0 Å². The maximum atomic E-state index is 2.53. The summed E-state index contributed by atoms with van der Waals surface area (Å²) in [5.41, 5.74) is 0. The van der Waals surface area contributed by atoms with Crippen molar-refractivity contribution in [3.05, 3.63) is 0 Å². The molecule has 0 N–H and O–H groups in total. The molecule has 0 radical (unpaired) electrons. The van der Waals surface area contributed by atoms with Gasteiger partial charge in [0.05, 0.1) is 0 Å². The van der Waals surface area contributed by atoms with Gasteiger partial charge in [-0.05, 0) is 0 Å². The average Bonchev–Trinajstić information content (AvgIpc) is 2.18. The topological polar surface area (TPSA) is 0 Å². The van der Waals surface area contributed by atoms with Gasteiger partial charge in [0.15, 0.2) is 0 Å². The third-order valence-corrected chi connectivity index (χ3v) is 18.0. The average molecular weight is 245 g/mol. The summed E-state index contributed by atoms with van der Waals surface area (Å²) in [6.07, 6.45) is 4.33. The SMILES string of the molecule is CCCC[CH](C)[Ge]([CH2]C)([CH2]C)[CH2]C. The van der Waals surface area contributed by atoms with Gasteiger partial charge in [-0.3, -0.25) is 0 Å². The Morgan fingerprint density at radius 1 is 0.923 bits per heavy atom. The van der Waals surface area contributed by atoms with Crippen molar-refractivity contribution in [2.75, 3.05) is 0 Å². The molecular weight excluding hydrogens is 217 g/mol. The zero-order valence-electron chi connectivity index (χ0n) is 10.3. The Bertz CT molecular complexity index is 108. The molecule has 0 amide bonds. The van der Waals surface area contributed by atoms with Crippen molar-refractivity contribution in [1.29, 1.82) is 0 Å². The molecule has 0 aromatic carbocycles. The van der Waals surface area contributed by atoms with Crippen LogP contribution in [0.1, 0.15) is 53.9 Å². The molecule has 0 saturated carbocycles. The summed E-state index contributed by atoms with van der Waals surface area (Å²) in [4.78, 5) is 0. The van der Waals surface area contributed by atoms with Crippen LogP contribution in [0, 0.1) is 0 Å². The predicted molar refractivity (Wildman–Crippen MR) is 66.1 cm³/mol. The van der Waals surface area contributed by atoms with Crippen LogP contribution in [-0.4, -0.2) is 13.3 Å². The Hall–Kier alpha value is 0.543. The van der Waals surface area contributed by atoms with Crippen molar-refractivity contribution in [2.24, 2.45) is 0 Å². The van der Waals surface area contributed by atoms with Gasteiger partial charge in [-0.15, -0.1) is 0 Å². The van der Waals surface area contributed by atoms with Gasteiger partial charge in [-0.1, -0.05) is 0 Å². The van der Waals surface area contributed by atoms with Crippen LogP contribution in [0.4, 0.5) is 0 Å². The molecule has 0 fully saturated rings. The summed E-state index contributed by atoms with van der Waals surface area (Å²) in [5, 5.41) is 4.62. The Balaban J connectivity index is 4.17. The van der Waals surface area contributed by atoms with E-state index >= 15 is 0 Å². The molecule has 0 nitrogen and oxygen atoms in total. The molecule has 1 atom stereocenters. The molecular formula is C12H28Ge. The van der Waals surface area contributed by atoms with Gasteiger partial charge in [0.1, 0.15) is 0 Å². The Kier molecular flexibility index (Phi) is 7.21. The molecule has 0 aliphatic carbocycles. The van der Waals surface area contributed by atoms with Crippen LogP contribution in [0.2, 0.25) is 20.5 Å². The van der Waals surface area contributed by atoms with E-state index in [-0.39, 0.29) is 0 Å². The number of unbranched alkanes of at least 4 members (excludes halogenated alkanes) is 1. The van der Waals surface area contributed by atoms with E-state index in [0.29, 0.717) is 0 Å². The summed E-state index contributed by atoms with van der Waals surface area (Å²) in [7, 11) is 0. The van der Waals surface area contributed by atoms with Crippen LogP contribution in [0.25, 0.3) is 0 Å². The van der Waals surface area contributed by atoms with E-state index in [1.54, 1.807) is 0 Å². The molecule has 0 aliphatic rings. The van der Waals surface area contributed by atoms with Gasteiger partial charge in [0.25, 0.3) is 0 Å². The van der Waals surface area contributed by atoms with E-state index in [9.17, 15) is 0 Å². The van der Waals surface area contributed by atoms with Crippen LogP contribution in [0.5, 0.6) is 0 Å². The summed E-state index contributed by atoms with van der Waals surface area (Å²) < 4.78 is 1.10. The van der Waals surface area contributed by atoms with Crippen LogP contribution in [0.3, 0.4) is 0 Å². The van der Waals surface area contributed by atoms with Gasteiger partial charge in [0.2, 0.25) is 0 Å². The van der Waals surface area contributed by atoms with E-state index in [0.717, 1.165) is 4.75 Å². The summed E-state index contributed by atoms with van der Waals surface area (Å²) in [6.45, 7) is 12.2. The van der Waals surface area contributed by atoms with Crippen LogP contribution < -0.4 is 0 Å². The van der Waals surface area contributed by atoms with Gasteiger partial charge in [-0.25, -0.2) is 0 Å². The number of rotatable bonds is 7. The fraction of sp³-hybridized carbons (Fsp3) is 1.00. The van der Waals surface area contributed by atoms with Crippen LogP contribution in [-0.2, 0) is 0 Å². The third-order valence-electron chi connectivity index (χ3n) is 4.15. The van der Waals surface area contributed by atoms with Crippen molar-refractivity contribution in [3.63, 3.8) is 0 Å². The fourth-order valence-electron chi connectivity index (χ4n) is 2.61. The second-order valence-corrected chi connectivity index (χ2v) is 16.7. The van der Waals surface area contributed by atoms with Crippen LogP contribution >= 0.6 is 0 Å². The number of hydrogen-bond acceptors (Lipinski definition) is 0. The molecule has 0 heterocycles. The normalized spacial score (nSPS) is 14.5. The van der Waals surface area contributed by atoms with Crippen molar-refractivity contribution < 1.29 is 0 Å². The summed E-state index contributed by atoms with van der Waals surface area (Å²) in [6, 6.07) is 0. The van der Waals surface area contributed by atoms with E-state index in [2.05, 4.69) is 34.6 Å². The molecule has 0 aliphatic heterocycles. The van der Waals surface area contributed by atoms with Crippen LogP contribution in [0.15, 0.2) is 0 Å². The molecule has 0 bridgehead atoms. The maximum absolute atomic E-state index is 2.53. The predicted octanol–water partition coefficient (Wildman–Crippen LogP) is 5.08. The zero-order valence-corrected chi connectivity index (χ0v) is 12.4. The van der Waals surface area contributed by atoms with Crippen molar-refractivity contribution in [1.82, 2.24) is 0 Å². The first kappa shape index (κ1) is 13.5. The first-order valence-corrected chi connectivity index (χ1v) is 11.8. The van der Waals surface area contributed by atoms with Crippen molar-refractivity contribution in [2.45, 2.75) is 74.4 Å². The van der Waals surface area contributed by atoms with E-state index in [1.165, 1.54) is 35.0 Å². The molecule has 1 heteroatoms. The van der Waals surface area contributed by atoms with Crippen molar-refractivity contribution >= 4 is 13.3 Å². The summed E-state index contributed by atoms with van der Waals surface area (Å²) in [5.74, 6) is 0. The fourth-order valence-corrected chi connectivity index (χ4v) is 11.9. The molecule has 1 unspecified atom stereocenters. The van der Waals surface area contributed by atoms with E-state index < -0.39 is 13.3 Å². The van der Waals surface area contributed by atoms with Gasteiger partial charge >= 0.3 is 87.7 Å². The molecule has 0 aromatic heterocycles. The molecule has 0 aromatic rings. The Labute approximate surface area is 87.9 Å². The van der Waals surface area contributed by atoms with Gasteiger partial charge < -0.3 is 0 Å². The monoisotopic (exact) mass is 246 g/mol. The van der Waals surface area contributed by atoms with Gasteiger partial charge in [-0.2, -0.15) is 0 Å². The first-order valence-electron chi connectivity index (χ1n) is 6.16. The summed E-state index contributed by atoms with van der Waals surface area (Å²) >= 11 is -1.38. The molecule has 80 valence electrons. The quantitative estimate of drug-likeness (QED) is 0.549. The minimum absolute atomic E-state index is 1.10. The Morgan fingerprint density at radius 3 is 1.69 bits per heavy atom. The molecule has 0 spiro atoms. The third kappa shape index (κ3) is 3.65. The molecule has 0 saturated heterocycles. The zero-order chi connectivity index (χ0) is 10.3. The van der Waals surface area contributed by atoms with E-state index in [1.807, 2.05) is 0 Å². The Morgan fingerprint density at radius 2 is 1.38 bits per heavy atom. The second kappa shape index (κ2) is 6.92. The molecule has 13 heavy (non-hydrogen) atoms. The standard InChI is InChI=1S/C12H28Ge/c1-6-10-11-12(5)13(7-2,8-3)9-4/h12H,6-11H2,1-5H3. The van der Waals surface area contributed by atoms with E-state index in [4.69, 9.17) is 0 Å². The second-order valence-electron chi connectivity index (χ2n) is 4.47. The minimum atomic E-state index is -1.38. The first-order chi connectivity index (χ1) is 6.16. The van der Waals surface area contributed by atoms with Gasteiger partial charge in [0, 0.05) is 0 Å². The molecule has 0 rings (SSSR count).